The number of thioether (sulfide) groups is 1. The zero-order valence-corrected chi connectivity index (χ0v) is 15.9. The molecule has 0 saturated carbocycles. The highest BCUT2D eigenvalue weighted by atomic mass is 35.5. The summed E-state index contributed by atoms with van der Waals surface area (Å²) in [4.78, 5) is 18.0. The zero-order valence-electron chi connectivity index (χ0n) is 14.4. The highest BCUT2D eigenvalue weighted by Gasteiger charge is 2.24. The van der Waals surface area contributed by atoms with Gasteiger partial charge in [0.2, 0.25) is 0 Å². The first-order valence-corrected chi connectivity index (χ1v) is 9.74. The molecule has 1 fully saturated rings. The van der Waals surface area contributed by atoms with Crippen molar-refractivity contribution in [3.8, 4) is 5.75 Å². The van der Waals surface area contributed by atoms with Gasteiger partial charge in [-0.05, 0) is 48.7 Å². The molecule has 1 aliphatic heterocycles. The summed E-state index contributed by atoms with van der Waals surface area (Å²) in [6.45, 7) is 2.98. The molecule has 4 nitrogen and oxygen atoms in total. The number of halogens is 1. The number of nitrogens with zero attached hydrogens (tertiary/aromatic N) is 2. The van der Waals surface area contributed by atoms with Gasteiger partial charge < -0.3 is 14.5 Å². The second-order valence-electron chi connectivity index (χ2n) is 5.82. The number of hydrogen-bond donors (Lipinski definition) is 0. The first kappa shape index (κ1) is 18.0. The topological polar surface area (TPSA) is 32.8 Å². The summed E-state index contributed by atoms with van der Waals surface area (Å²) < 4.78 is 5.20. The number of carbonyl (C=O) groups excluding carboxylic acids is 1. The minimum absolute atomic E-state index is 0.00952. The molecule has 1 aliphatic rings. The van der Waals surface area contributed by atoms with Crippen molar-refractivity contribution in [1.82, 2.24) is 4.90 Å². The Morgan fingerprint density at radius 1 is 1.08 bits per heavy atom. The number of benzene rings is 2. The molecular formula is C19H21ClN2O2S. The van der Waals surface area contributed by atoms with E-state index in [2.05, 4.69) is 17.0 Å². The minimum atomic E-state index is 0.00952. The van der Waals surface area contributed by atoms with Crippen molar-refractivity contribution in [2.45, 2.75) is 4.90 Å². The quantitative estimate of drug-likeness (QED) is 0.754. The zero-order chi connectivity index (χ0) is 17.8. The fourth-order valence-corrected chi connectivity index (χ4v) is 3.56. The molecule has 1 saturated heterocycles. The Kier molecular flexibility index (Phi) is 5.76. The predicted molar refractivity (Wildman–Crippen MR) is 104 cm³/mol. The molecule has 132 valence electrons. The summed E-state index contributed by atoms with van der Waals surface area (Å²) >= 11 is 7.85. The first-order chi connectivity index (χ1) is 12.1. The highest BCUT2D eigenvalue weighted by molar-refractivity contribution is 7.98. The van der Waals surface area contributed by atoms with E-state index in [1.165, 1.54) is 0 Å². The van der Waals surface area contributed by atoms with Crippen molar-refractivity contribution in [2.24, 2.45) is 0 Å². The van der Waals surface area contributed by atoms with Gasteiger partial charge in [-0.3, -0.25) is 4.79 Å². The van der Waals surface area contributed by atoms with Gasteiger partial charge in [0, 0.05) is 36.8 Å². The van der Waals surface area contributed by atoms with Crippen molar-refractivity contribution in [3.05, 3.63) is 53.1 Å². The number of amides is 1. The molecule has 0 aromatic heterocycles. The van der Waals surface area contributed by atoms with E-state index >= 15 is 0 Å². The Bertz CT molecular complexity index is 744. The van der Waals surface area contributed by atoms with Crippen LogP contribution in [0.3, 0.4) is 0 Å². The molecule has 2 aromatic rings. The summed E-state index contributed by atoms with van der Waals surface area (Å²) in [6, 6.07) is 13.6. The monoisotopic (exact) mass is 376 g/mol. The molecule has 0 unspecified atom stereocenters. The molecule has 0 spiro atoms. The van der Waals surface area contributed by atoms with Crippen molar-refractivity contribution < 1.29 is 9.53 Å². The van der Waals surface area contributed by atoms with Gasteiger partial charge in [-0.2, -0.15) is 0 Å². The molecule has 1 amide bonds. The third-order valence-corrected chi connectivity index (χ3v) is 5.46. The maximum Gasteiger partial charge on any atom is 0.255 e. The average molecular weight is 377 g/mol. The molecule has 0 radical (unpaired) electrons. The molecule has 1 heterocycles. The van der Waals surface area contributed by atoms with E-state index in [0.29, 0.717) is 23.7 Å². The van der Waals surface area contributed by atoms with E-state index < -0.39 is 0 Å². The van der Waals surface area contributed by atoms with E-state index in [1.807, 2.05) is 35.4 Å². The lowest BCUT2D eigenvalue weighted by Gasteiger charge is -2.36. The van der Waals surface area contributed by atoms with Gasteiger partial charge in [-0.15, -0.1) is 11.8 Å². The van der Waals surface area contributed by atoms with Crippen LogP contribution in [0, 0.1) is 0 Å². The van der Waals surface area contributed by atoms with Crippen LogP contribution in [-0.4, -0.2) is 50.4 Å². The Labute approximate surface area is 157 Å². The third kappa shape index (κ3) is 4.05. The number of carbonyl (C=O) groups is 1. The summed E-state index contributed by atoms with van der Waals surface area (Å²) in [5.74, 6) is 0.858. The lowest BCUT2D eigenvalue weighted by molar-refractivity contribution is 0.0746. The van der Waals surface area contributed by atoms with E-state index in [0.717, 1.165) is 29.4 Å². The predicted octanol–water partition coefficient (Wildman–Crippen LogP) is 4.03. The second kappa shape index (κ2) is 8.02. The van der Waals surface area contributed by atoms with Gasteiger partial charge >= 0.3 is 0 Å². The van der Waals surface area contributed by atoms with Crippen LogP contribution in [0.1, 0.15) is 10.4 Å². The van der Waals surface area contributed by atoms with Gasteiger partial charge in [-0.1, -0.05) is 11.6 Å². The van der Waals surface area contributed by atoms with Crippen LogP contribution < -0.4 is 9.64 Å². The molecule has 0 bridgehead atoms. The van der Waals surface area contributed by atoms with Gasteiger partial charge in [0.15, 0.2) is 0 Å². The summed E-state index contributed by atoms with van der Waals surface area (Å²) in [6.07, 6.45) is 1.99. The maximum absolute atomic E-state index is 12.8. The Morgan fingerprint density at radius 3 is 2.36 bits per heavy atom. The average Bonchev–Trinajstić information content (AvgIpc) is 2.68. The molecular weight excluding hydrogens is 356 g/mol. The largest absolute Gasteiger partial charge is 0.497 e. The van der Waals surface area contributed by atoms with Crippen LogP contribution in [0.4, 0.5) is 5.69 Å². The van der Waals surface area contributed by atoms with Crippen LogP contribution in [0.15, 0.2) is 47.4 Å². The van der Waals surface area contributed by atoms with Gasteiger partial charge in [-0.25, -0.2) is 0 Å². The summed E-state index contributed by atoms with van der Waals surface area (Å²) in [5.41, 5.74) is 1.74. The third-order valence-electron chi connectivity index (χ3n) is 4.41. The Hall–Kier alpha value is -1.85. The first-order valence-electron chi connectivity index (χ1n) is 8.14. The molecule has 0 atom stereocenters. The molecule has 25 heavy (non-hydrogen) atoms. The van der Waals surface area contributed by atoms with E-state index in [-0.39, 0.29) is 5.91 Å². The molecule has 2 aromatic carbocycles. The second-order valence-corrected chi connectivity index (χ2v) is 7.11. The van der Waals surface area contributed by atoms with Crippen molar-refractivity contribution in [2.75, 3.05) is 44.4 Å². The van der Waals surface area contributed by atoms with Crippen LogP contribution >= 0.6 is 23.4 Å². The van der Waals surface area contributed by atoms with Crippen LogP contribution in [-0.2, 0) is 0 Å². The van der Waals surface area contributed by atoms with Crippen molar-refractivity contribution in [3.63, 3.8) is 0 Å². The van der Waals surface area contributed by atoms with Gasteiger partial charge in [0.25, 0.3) is 5.91 Å². The number of piperazine rings is 1. The SMILES string of the molecule is COc1ccc(N2CCN(C(=O)c3cc(SC)ccc3Cl)CC2)cc1. The lowest BCUT2D eigenvalue weighted by Crippen LogP contribution is -2.48. The normalized spacial score (nSPS) is 14.5. The van der Waals surface area contributed by atoms with E-state index in [1.54, 1.807) is 24.9 Å². The molecule has 6 heteroatoms. The van der Waals surface area contributed by atoms with Crippen LogP contribution in [0.5, 0.6) is 5.75 Å². The Morgan fingerprint density at radius 2 is 1.76 bits per heavy atom. The van der Waals surface area contributed by atoms with Crippen LogP contribution in [0.2, 0.25) is 5.02 Å². The number of methoxy groups -OCH3 is 1. The Balaban J connectivity index is 1.66. The maximum atomic E-state index is 12.8. The fraction of sp³-hybridized carbons (Fsp3) is 0.316. The number of hydrogen-bond acceptors (Lipinski definition) is 4. The molecule has 0 aliphatic carbocycles. The van der Waals surface area contributed by atoms with E-state index in [9.17, 15) is 4.79 Å². The summed E-state index contributed by atoms with van der Waals surface area (Å²) in [5, 5.41) is 0.514. The highest BCUT2D eigenvalue weighted by Crippen LogP contribution is 2.25. The van der Waals surface area contributed by atoms with Crippen molar-refractivity contribution >= 4 is 35.0 Å². The number of rotatable bonds is 4. The lowest BCUT2D eigenvalue weighted by atomic mass is 10.1. The molecule has 3 rings (SSSR count). The molecule has 0 N–H and O–H groups in total. The van der Waals surface area contributed by atoms with Crippen molar-refractivity contribution in [1.29, 1.82) is 0 Å². The summed E-state index contributed by atoms with van der Waals surface area (Å²) in [7, 11) is 1.66. The van der Waals surface area contributed by atoms with E-state index in [4.69, 9.17) is 16.3 Å². The number of anilines is 1. The number of ether oxygens (including phenoxy) is 1. The standard InChI is InChI=1S/C19H21ClN2O2S/c1-24-15-5-3-14(4-6-15)21-9-11-22(12-10-21)19(23)17-13-16(25-2)7-8-18(17)20/h3-8,13H,9-12H2,1-2H3. The van der Waals surface area contributed by atoms with Crippen LogP contribution in [0.25, 0.3) is 0 Å². The smallest absolute Gasteiger partial charge is 0.255 e. The van der Waals surface area contributed by atoms with Gasteiger partial charge in [0.1, 0.15) is 5.75 Å². The van der Waals surface area contributed by atoms with Gasteiger partial charge in [0.05, 0.1) is 17.7 Å². The minimum Gasteiger partial charge on any atom is -0.497 e. The fourth-order valence-electron chi connectivity index (χ4n) is 2.93.